The van der Waals surface area contributed by atoms with Crippen molar-refractivity contribution in [2.75, 3.05) is 19.7 Å². The summed E-state index contributed by atoms with van der Waals surface area (Å²) in [5.74, 6) is 1.09. The van der Waals surface area contributed by atoms with Crippen LogP contribution in [0.25, 0.3) is 0 Å². The number of hydrogen-bond acceptors (Lipinski definition) is 3. The molecule has 25 heavy (non-hydrogen) atoms. The molecule has 0 bridgehead atoms. The van der Waals surface area contributed by atoms with Crippen LogP contribution in [0.2, 0.25) is 0 Å². The summed E-state index contributed by atoms with van der Waals surface area (Å²) in [7, 11) is -3.81. The Morgan fingerprint density at radius 3 is 2.08 bits per heavy atom. The van der Waals surface area contributed by atoms with Gasteiger partial charge in [0.1, 0.15) is 11.6 Å². The van der Waals surface area contributed by atoms with Crippen LogP contribution in [0.1, 0.15) is 26.3 Å². The second kappa shape index (κ2) is 8.67. The van der Waals surface area contributed by atoms with Gasteiger partial charge in [-0.2, -0.15) is 8.42 Å². The van der Waals surface area contributed by atoms with Gasteiger partial charge in [0, 0.05) is 18.7 Å². The molecule has 0 N–H and O–H groups in total. The van der Waals surface area contributed by atoms with E-state index in [-0.39, 0.29) is 4.90 Å². The Morgan fingerprint density at radius 2 is 1.56 bits per heavy atom. The van der Waals surface area contributed by atoms with Crippen LogP contribution in [-0.4, -0.2) is 38.8 Å². The van der Waals surface area contributed by atoms with Gasteiger partial charge in [-0.05, 0) is 45.0 Å². The zero-order valence-electron chi connectivity index (χ0n) is 14.8. The van der Waals surface area contributed by atoms with E-state index < -0.39 is 10.0 Å². The van der Waals surface area contributed by atoms with E-state index in [1.807, 2.05) is 56.0 Å². The molecule has 0 amide bonds. The molecule has 2 aromatic carbocycles. The van der Waals surface area contributed by atoms with Crippen molar-refractivity contribution in [2.24, 2.45) is 4.40 Å². The molecular weight excluding hydrogens is 336 g/mol. The number of ether oxygens (including phenoxy) is 1. The Balaban J connectivity index is 2.46. The van der Waals surface area contributed by atoms with Gasteiger partial charge in [0.05, 0.1) is 11.5 Å². The van der Waals surface area contributed by atoms with Crippen LogP contribution in [0.4, 0.5) is 0 Å². The number of nitrogens with zero attached hydrogens (tertiary/aromatic N) is 2. The molecule has 0 fully saturated rings. The van der Waals surface area contributed by atoms with Gasteiger partial charge in [0.15, 0.2) is 0 Å². The number of hydrogen-bond donors (Lipinski definition) is 0. The van der Waals surface area contributed by atoms with Gasteiger partial charge in [0.25, 0.3) is 10.0 Å². The summed E-state index contributed by atoms with van der Waals surface area (Å²) in [5, 5.41) is 0. The third kappa shape index (κ3) is 4.82. The Morgan fingerprint density at radius 1 is 0.960 bits per heavy atom. The van der Waals surface area contributed by atoms with Crippen molar-refractivity contribution >= 4 is 15.9 Å². The molecule has 2 aromatic rings. The highest BCUT2D eigenvalue weighted by atomic mass is 32.2. The topological polar surface area (TPSA) is 59.0 Å². The van der Waals surface area contributed by atoms with Crippen molar-refractivity contribution in [1.82, 2.24) is 4.90 Å². The molecule has 0 radical (unpaired) electrons. The number of rotatable bonds is 7. The molecule has 2 rings (SSSR count). The monoisotopic (exact) mass is 360 g/mol. The molecule has 0 aliphatic carbocycles. The lowest BCUT2D eigenvalue weighted by Crippen LogP contribution is -2.32. The summed E-state index contributed by atoms with van der Waals surface area (Å²) in [6.45, 7) is 7.71. The maximum absolute atomic E-state index is 12.8. The van der Waals surface area contributed by atoms with E-state index in [4.69, 9.17) is 4.74 Å². The van der Waals surface area contributed by atoms with E-state index in [0.717, 1.165) is 5.56 Å². The molecule has 0 spiro atoms. The zero-order chi connectivity index (χ0) is 18.3. The van der Waals surface area contributed by atoms with Gasteiger partial charge in [-0.25, -0.2) is 0 Å². The average Bonchev–Trinajstić information content (AvgIpc) is 2.63. The number of sulfonamides is 1. The van der Waals surface area contributed by atoms with E-state index in [0.29, 0.717) is 31.3 Å². The lowest BCUT2D eigenvalue weighted by Gasteiger charge is -2.23. The number of benzene rings is 2. The highest BCUT2D eigenvalue weighted by Gasteiger charge is 2.18. The summed E-state index contributed by atoms with van der Waals surface area (Å²) in [5.41, 5.74) is 0.778. The van der Waals surface area contributed by atoms with E-state index >= 15 is 0 Å². The molecule has 0 atom stereocenters. The minimum Gasteiger partial charge on any atom is -0.494 e. The van der Waals surface area contributed by atoms with Crippen molar-refractivity contribution in [3.63, 3.8) is 0 Å². The Labute approximate surface area is 150 Å². The Kier molecular flexibility index (Phi) is 6.58. The van der Waals surface area contributed by atoms with Crippen LogP contribution < -0.4 is 4.74 Å². The predicted octanol–water partition coefficient (Wildman–Crippen LogP) is 3.56. The first kappa shape index (κ1) is 19.0. The lowest BCUT2D eigenvalue weighted by molar-refractivity contribution is 0.340. The van der Waals surface area contributed by atoms with Crippen molar-refractivity contribution in [3.05, 3.63) is 60.2 Å². The summed E-state index contributed by atoms with van der Waals surface area (Å²) >= 11 is 0. The first-order valence-corrected chi connectivity index (χ1v) is 9.84. The minimum absolute atomic E-state index is 0.150. The van der Waals surface area contributed by atoms with Crippen LogP contribution in [0.3, 0.4) is 0 Å². The van der Waals surface area contributed by atoms with Gasteiger partial charge in [-0.1, -0.05) is 30.3 Å². The first-order valence-electron chi connectivity index (χ1n) is 8.40. The minimum atomic E-state index is -3.81. The van der Waals surface area contributed by atoms with Crippen LogP contribution in [0, 0.1) is 0 Å². The quantitative estimate of drug-likeness (QED) is 0.559. The molecular formula is C19H24N2O3S. The maximum Gasteiger partial charge on any atom is 0.284 e. The second-order valence-corrected chi connectivity index (χ2v) is 6.94. The summed E-state index contributed by atoms with van der Waals surface area (Å²) in [6.07, 6.45) is 0. The van der Waals surface area contributed by atoms with Crippen molar-refractivity contribution < 1.29 is 13.2 Å². The Hall–Kier alpha value is -2.34. The highest BCUT2D eigenvalue weighted by Crippen LogP contribution is 2.19. The number of amidine groups is 1. The summed E-state index contributed by atoms with van der Waals surface area (Å²) in [4.78, 5) is 2.08. The van der Waals surface area contributed by atoms with Gasteiger partial charge < -0.3 is 9.64 Å². The average molecular weight is 360 g/mol. The largest absolute Gasteiger partial charge is 0.494 e. The van der Waals surface area contributed by atoms with Gasteiger partial charge in [0.2, 0.25) is 0 Å². The zero-order valence-corrected chi connectivity index (χ0v) is 15.7. The molecule has 0 aromatic heterocycles. The van der Waals surface area contributed by atoms with E-state index in [9.17, 15) is 8.42 Å². The normalized spacial score (nSPS) is 12.0. The smallest absolute Gasteiger partial charge is 0.284 e. The lowest BCUT2D eigenvalue weighted by atomic mass is 10.2. The molecule has 0 aliphatic heterocycles. The molecule has 0 unspecified atom stereocenters. The molecule has 0 heterocycles. The molecule has 0 aliphatic rings. The fourth-order valence-corrected chi connectivity index (χ4v) is 3.48. The molecule has 134 valence electrons. The van der Waals surface area contributed by atoms with E-state index in [2.05, 4.69) is 4.40 Å². The molecule has 0 saturated carbocycles. The van der Waals surface area contributed by atoms with Crippen molar-refractivity contribution in [3.8, 4) is 5.75 Å². The predicted molar refractivity (Wildman–Crippen MR) is 101 cm³/mol. The maximum atomic E-state index is 12.8. The van der Waals surface area contributed by atoms with Crippen molar-refractivity contribution in [2.45, 2.75) is 25.7 Å². The van der Waals surface area contributed by atoms with Gasteiger partial charge >= 0.3 is 0 Å². The summed E-state index contributed by atoms with van der Waals surface area (Å²) in [6, 6.07) is 15.7. The SMILES string of the molecule is CCOc1ccc(S(=O)(=O)/N=C(/c2ccccc2)N(CC)CC)cc1. The van der Waals surface area contributed by atoms with Crippen molar-refractivity contribution in [1.29, 1.82) is 0 Å². The standard InChI is InChI=1S/C19H24N2O3S/c1-4-21(5-2)19(16-10-8-7-9-11-16)20-25(22,23)18-14-12-17(13-15-18)24-6-3/h7-15H,4-6H2,1-3H3/b20-19-. The highest BCUT2D eigenvalue weighted by molar-refractivity contribution is 7.90. The van der Waals surface area contributed by atoms with Crippen LogP contribution in [0.15, 0.2) is 63.9 Å². The van der Waals surface area contributed by atoms with Crippen LogP contribution in [0.5, 0.6) is 5.75 Å². The fraction of sp³-hybridized carbons (Fsp3) is 0.316. The summed E-state index contributed by atoms with van der Waals surface area (Å²) < 4.78 is 35.0. The van der Waals surface area contributed by atoms with E-state index in [1.54, 1.807) is 12.1 Å². The van der Waals surface area contributed by atoms with Crippen LogP contribution in [-0.2, 0) is 10.0 Å². The van der Waals surface area contributed by atoms with Gasteiger partial charge in [-0.3, -0.25) is 0 Å². The first-order chi connectivity index (χ1) is 12.0. The molecule has 5 nitrogen and oxygen atoms in total. The third-order valence-corrected chi connectivity index (χ3v) is 5.02. The second-order valence-electron chi connectivity index (χ2n) is 5.33. The van der Waals surface area contributed by atoms with Crippen LogP contribution >= 0.6 is 0 Å². The Bertz CT molecular complexity index is 796. The van der Waals surface area contributed by atoms with Gasteiger partial charge in [-0.15, -0.1) is 4.40 Å². The third-order valence-electron chi connectivity index (χ3n) is 3.73. The molecule has 6 heteroatoms. The van der Waals surface area contributed by atoms with E-state index in [1.165, 1.54) is 12.1 Å². The fourth-order valence-electron chi connectivity index (χ4n) is 2.44. The molecule has 0 saturated heterocycles.